The van der Waals surface area contributed by atoms with Gasteiger partial charge in [-0.15, -0.1) is 11.8 Å². The van der Waals surface area contributed by atoms with Gasteiger partial charge in [0.25, 0.3) is 11.8 Å². The van der Waals surface area contributed by atoms with Gasteiger partial charge in [-0.1, -0.05) is 50.6 Å². The van der Waals surface area contributed by atoms with Crippen LogP contribution in [0.3, 0.4) is 0 Å². The first kappa shape index (κ1) is 23.5. The Hall–Kier alpha value is -2.80. The van der Waals surface area contributed by atoms with E-state index in [1.54, 1.807) is 19.1 Å². The number of thioether (sulfide) groups is 1. The molecule has 2 rings (SSSR count). The zero-order valence-electron chi connectivity index (χ0n) is 18.0. The number of nitrogens with one attached hydrogen (secondary N) is 3. The van der Waals surface area contributed by atoms with Crippen molar-refractivity contribution in [2.45, 2.75) is 45.3 Å². The summed E-state index contributed by atoms with van der Waals surface area (Å²) in [5.41, 5.74) is 8.24. The van der Waals surface area contributed by atoms with Crippen LogP contribution >= 0.6 is 11.8 Å². The lowest BCUT2D eigenvalue weighted by Gasteiger charge is -2.19. The van der Waals surface area contributed by atoms with Crippen molar-refractivity contribution in [2.24, 2.45) is 0 Å². The summed E-state index contributed by atoms with van der Waals surface area (Å²) in [6.07, 6.45) is 0. The smallest absolute Gasteiger partial charge is 0.269 e. The Balaban J connectivity index is 1.76. The van der Waals surface area contributed by atoms with Gasteiger partial charge in [-0.2, -0.15) is 0 Å². The van der Waals surface area contributed by atoms with Crippen LogP contribution in [0.15, 0.2) is 48.5 Å². The first-order valence-corrected chi connectivity index (χ1v) is 10.8. The van der Waals surface area contributed by atoms with Gasteiger partial charge in [-0.3, -0.25) is 25.2 Å². The monoisotopic (exact) mass is 427 g/mol. The number of carbonyl (C=O) groups excluding carboxylic acids is 3. The number of benzene rings is 2. The molecule has 0 bridgehead atoms. The lowest BCUT2D eigenvalue weighted by molar-refractivity contribution is -0.121. The molecule has 1 atom stereocenters. The fourth-order valence-corrected chi connectivity index (χ4v) is 3.21. The van der Waals surface area contributed by atoms with Gasteiger partial charge in [0.05, 0.1) is 11.0 Å². The third-order valence-corrected chi connectivity index (χ3v) is 5.62. The minimum atomic E-state index is -0.502. The summed E-state index contributed by atoms with van der Waals surface area (Å²) >= 11 is 1.19. The Bertz CT molecular complexity index is 887. The van der Waals surface area contributed by atoms with Gasteiger partial charge in [0.2, 0.25) is 5.91 Å². The number of carbonyl (C=O) groups is 3. The van der Waals surface area contributed by atoms with Crippen LogP contribution in [0.2, 0.25) is 0 Å². The number of anilines is 1. The summed E-state index contributed by atoms with van der Waals surface area (Å²) in [5, 5.41) is 2.29. The first-order chi connectivity index (χ1) is 14.1. The quantitative estimate of drug-likeness (QED) is 0.612. The zero-order chi connectivity index (χ0) is 22.3. The predicted octanol–water partition coefficient (Wildman–Crippen LogP) is 3.81. The maximum atomic E-state index is 12.2. The van der Waals surface area contributed by atoms with E-state index in [-0.39, 0.29) is 23.0 Å². The molecule has 160 valence electrons. The average Bonchev–Trinajstić information content (AvgIpc) is 2.71. The normalized spacial score (nSPS) is 12.0. The lowest BCUT2D eigenvalue weighted by atomic mass is 9.87. The summed E-state index contributed by atoms with van der Waals surface area (Å²) in [7, 11) is 0. The van der Waals surface area contributed by atoms with Crippen LogP contribution in [0, 0.1) is 6.92 Å². The van der Waals surface area contributed by atoms with E-state index in [9.17, 15) is 14.4 Å². The van der Waals surface area contributed by atoms with Crippen LogP contribution in [0.25, 0.3) is 0 Å². The highest BCUT2D eigenvalue weighted by molar-refractivity contribution is 8.01. The molecule has 0 aromatic heterocycles. The van der Waals surface area contributed by atoms with E-state index < -0.39 is 11.2 Å². The van der Waals surface area contributed by atoms with Crippen molar-refractivity contribution < 1.29 is 14.4 Å². The molecule has 0 aliphatic carbocycles. The number of amides is 3. The second-order valence-corrected chi connectivity index (χ2v) is 9.47. The Morgan fingerprint density at radius 2 is 1.53 bits per heavy atom. The summed E-state index contributed by atoms with van der Waals surface area (Å²) < 4.78 is 0. The molecule has 0 saturated carbocycles. The van der Waals surface area contributed by atoms with Crippen molar-refractivity contribution in [2.75, 3.05) is 11.1 Å². The number of hydrogen-bond donors (Lipinski definition) is 3. The SMILES string of the molecule is Cc1ccc(NC(=O)CS[C@@H](C)C(=O)NNC(=O)c2ccc(C(C)(C)C)cc2)cc1. The molecule has 0 unspecified atom stereocenters. The molecule has 0 heterocycles. The minimum Gasteiger partial charge on any atom is -0.325 e. The third-order valence-electron chi connectivity index (χ3n) is 4.48. The molecule has 7 heteroatoms. The van der Waals surface area contributed by atoms with E-state index in [0.29, 0.717) is 11.3 Å². The Morgan fingerprint density at radius 1 is 0.933 bits per heavy atom. The highest BCUT2D eigenvalue weighted by atomic mass is 32.2. The average molecular weight is 428 g/mol. The summed E-state index contributed by atoms with van der Waals surface area (Å²) in [6, 6.07) is 14.8. The predicted molar refractivity (Wildman–Crippen MR) is 122 cm³/mol. The summed E-state index contributed by atoms with van der Waals surface area (Å²) in [4.78, 5) is 36.5. The van der Waals surface area contributed by atoms with Crippen molar-refractivity contribution in [3.63, 3.8) is 0 Å². The van der Waals surface area contributed by atoms with Crippen molar-refractivity contribution in [3.8, 4) is 0 Å². The Labute approximate surface area is 182 Å². The van der Waals surface area contributed by atoms with Crippen LogP contribution in [-0.2, 0) is 15.0 Å². The fraction of sp³-hybridized carbons (Fsp3) is 0.348. The van der Waals surface area contributed by atoms with Gasteiger partial charge in [0, 0.05) is 11.3 Å². The van der Waals surface area contributed by atoms with Crippen LogP contribution in [0.1, 0.15) is 49.2 Å². The highest BCUT2D eigenvalue weighted by Gasteiger charge is 2.17. The number of aryl methyl sites for hydroxylation is 1. The topological polar surface area (TPSA) is 87.3 Å². The maximum Gasteiger partial charge on any atom is 0.269 e. The molecule has 0 aliphatic heterocycles. The largest absolute Gasteiger partial charge is 0.325 e. The molecule has 0 saturated heterocycles. The maximum absolute atomic E-state index is 12.2. The van der Waals surface area contributed by atoms with E-state index in [0.717, 1.165) is 11.1 Å². The number of rotatable bonds is 6. The molecule has 30 heavy (non-hydrogen) atoms. The van der Waals surface area contributed by atoms with Gasteiger partial charge < -0.3 is 5.32 Å². The fourth-order valence-electron chi connectivity index (χ4n) is 2.52. The summed E-state index contributed by atoms with van der Waals surface area (Å²) in [6.45, 7) is 9.96. The molecule has 3 amide bonds. The third kappa shape index (κ3) is 7.22. The van der Waals surface area contributed by atoms with Crippen molar-refractivity contribution >= 4 is 35.2 Å². The van der Waals surface area contributed by atoms with Crippen LogP contribution in [-0.4, -0.2) is 28.7 Å². The minimum absolute atomic E-state index is 0.00161. The molecular weight excluding hydrogens is 398 g/mol. The van der Waals surface area contributed by atoms with Crippen molar-refractivity contribution in [3.05, 3.63) is 65.2 Å². The van der Waals surface area contributed by atoms with Crippen molar-refractivity contribution in [1.82, 2.24) is 10.9 Å². The molecule has 2 aromatic carbocycles. The molecule has 0 spiro atoms. The van der Waals surface area contributed by atoms with Crippen molar-refractivity contribution in [1.29, 1.82) is 0 Å². The molecule has 0 aliphatic rings. The Kier molecular flexibility index (Phi) is 8.06. The number of hydrazine groups is 1. The summed E-state index contributed by atoms with van der Waals surface area (Å²) in [5.74, 6) is -0.822. The van der Waals surface area contributed by atoms with E-state index in [1.165, 1.54) is 11.8 Å². The lowest BCUT2D eigenvalue weighted by Crippen LogP contribution is -2.45. The van der Waals surface area contributed by atoms with Gasteiger partial charge in [0.1, 0.15) is 0 Å². The second-order valence-electron chi connectivity index (χ2n) is 8.14. The number of hydrogen-bond acceptors (Lipinski definition) is 4. The Morgan fingerprint density at radius 3 is 2.10 bits per heavy atom. The standard InChI is InChI=1S/C23H29N3O3S/c1-15-6-12-19(13-7-15)24-20(27)14-30-16(2)21(28)25-26-22(29)17-8-10-18(11-9-17)23(3,4)5/h6-13,16H,14H2,1-5H3,(H,24,27)(H,25,28)(H,26,29)/t16-/m0/s1. The van der Waals surface area contributed by atoms with Gasteiger partial charge in [-0.25, -0.2) is 0 Å². The van der Waals surface area contributed by atoms with Gasteiger partial charge in [0.15, 0.2) is 0 Å². The first-order valence-electron chi connectivity index (χ1n) is 9.75. The molecule has 3 N–H and O–H groups in total. The molecule has 2 aromatic rings. The van der Waals surface area contributed by atoms with E-state index >= 15 is 0 Å². The van der Waals surface area contributed by atoms with E-state index in [4.69, 9.17) is 0 Å². The van der Waals surface area contributed by atoms with Crippen LogP contribution in [0.4, 0.5) is 5.69 Å². The molecule has 6 nitrogen and oxygen atoms in total. The molecule has 0 fully saturated rings. The van der Waals surface area contributed by atoms with Crippen LogP contribution in [0.5, 0.6) is 0 Å². The van der Waals surface area contributed by atoms with E-state index in [1.807, 2.05) is 43.3 Å². The van der Waals surface area contributed by atoms with Crippen LogP contribution < -0.4 is 16.2 Å². The van der Waals surface area contributed by atoms with Gasteiger partial charge >= 0.3 is 0 Å². The molecular formula is C23H29N3O3S. The molecule has 0 radical (unpaired) electrons. The second kappa shape index (κ2) is 10.3. The van der Waals surface area contributed by atoms with Gasteiger partial charge in [-0.05, 0) is 49.1 Å². The highest BCUT2D eigenvalue weighted by Crippen LogP contribution is 2.22. The van der Waals surface area contributed by atoms with E-state index in [2.05, 4.69) is 36.9 Å². The zero-order valence-corrected chi connectivity index (χ0v) is 18.9.